The summed E-state index contributed by atoms with van der Waals surface area (Å²) in [5.41, 5.74) is -1.49. The quantitative estimate of drug-likeness (QED) is 0.503. The van der Waals surface area contributed by atoms with Crippen LogP contribution >= 0.6 is 11.6 Å². The maximum atomic E-state index is 12.1. The highest BCUT2D eigenvalue weighted by atomic mass is 35.5. The van der Waals surface area contributed by atoms with Crippen molar-refractivity contribution in [2.75, 3.05) is 6.54 Å². The smallest absolute Gasteiger partial charge is 0.300 e. The molecule has 0 aliphatic heterocycles. The summed E-state index contributed by atoms with van der Waals surface area (Å²) in [6, 6.07) is 1.15. The highest BCUT2D eigenvalue weighted by molar-refractivity contribution is 6.29. The van der Waals surface area contributed by atoms with Gasteiger partial charge in [-0.25, -0.2) is 4.98 Å². The van der Waals surface area contributed by atoms with Crippen molar-refractivity contribution in [3.8, 4) is 0 Å². The monoisotopic (exact) mass is 313 g/mol. The van der Waals surface area contributed by atoms with Gasteiger partial charge in [0.05, 0.1) is 10.5 Å². The van der Waals surface area contributed by atoms with E-state index in [-0.39, 0.29) is 17.3 Å². The van der Waals surface area contributed by atoms with Crippen molar-refractivity contribution in [2.24, 2.45) is 0 Å². The third-order valence-electron chi connectivity index (χ3n) is 3.65. The molecule has 1 fully saturated rings. The van der Waals surface area contributed by atoms with Gasteiger partial charge in [0.25, 0.3) is 11.6 Å². The third kappa shape index (κ3) is 3.89. The molecule has 0 unspecified atom stereocenters. The van der Waals surface area contributed by atoms with Gasteiger partial charge in [0.15, 0.2) is 0 Å². The molecule has 21 heavy (non-hydrogen) atoms. The van der Waals surface area contributed by atoms with E-state index in [9.17, 15) is 20.0 Å². The second-order valence-electron chi connectivity index (χ2n) is 5.25. The van der Waals surface area contributed by atoms with Crippen LogP contribution in [0.2, 0.25) is 5.15 Å². The van der Waals surface area contributed by atoms with Gasteiger partial charge in [0.2, 0.25) is 0 Å². The number of carbonyl (C=O) groups is 1. The Bertz CT molecular complexity index is 558. The van der Waals surface area contributed by atoms with E-state index in [2.05, 4.69) is 10.3 Å². The fourth-order valence-electron chi connectivity index (χ4n) is 2.48. The molecule has 1 aromatic heterocycles. The summed E-state index contributed by atoms with van der Waals surface area (Å²) in [6.45, 7) is 0.0724. The Morgan fingerprint density at radius 1 is 1.48 bits per heavy atom. The molecule has 0 atom stereocenters. The summed E-state index contributed by atoms with van der Waals surface area (Å²) >= 11 is 5.68. The number of nitro groups is 1. The predicted octanol–water partition coefficient (Wildman–Crippen LogP) is 2.07. The maximum absolute atomic E-state index is 12.1. The van der Waals surface area contributed by atoms with Gasteiger partial charge in [-0.15, -0.1) is 0 Å². The summed E-state index contributed by atoms with van der Waals surface area (Å²) < 4.78 is 0. The molecule has 1 aliphatic rings. The molecule has 1 saturated carbocycles. The first kappa shape index (κ1) is 15.7. The highest BCUT2D eigenvalue weighted by Gasteiger charge is 2.30. The highest BCUT2D eigenvalue weighted by Crippen LogP contribution is 2.27. The normalized spacial score (nSPS) is 17.2. The molecule has 2 N–H and O–H groups in total. The number of nitrogens with zero attached hydrogens (tertiary/aromatic N) is 2. The van der Waals surface area contributed by atoms with E-state index in [1.807, 2.05) is 0 Å². The zero-order chi connectivity index (χ0) is 15.5. The number of pyridine rings is 1. The first-order chi connectivity index (χ1) is 9.91. The predicted molar refractivity (Wildman–Crippen MR) is 76.3 cm³/mol. The average molecular weight is 314 g/mol. The number of rotatable bonds is 4. The van der Waals surface area contributed by atoms with Gasteiger partial charge in [-0.05, 0) is 18.9 Å². The second kappa shape index (κ2) is 6.36. The van der Waals surface area contributed by atoms with E-state index >= 15 is 0 Å². The number of halogens is 1. The minimum atomic E-state index is -0.931. The zero-order valence-electron chi connectivity index (χ0n) is 11.3. The maximum Gasteiger partial charge on any atom is 0.300 e. The van der Waals surface area contributed by atoms with Crippen molar-refractivity contribution in [1.29, 1.82) is 0 Å². The molecule has 1 aliphatic carbocycles. The molecule has 1 aromatic rings. The van der Waals surface area contributed by atoms with Gasteiger partial charge in [-0.1, -0.05) is 30.9 Å². The molecule has 1 heterocycles. The molecular formula is C13H16ClN3O4. The Morgan fingerprint density at radius 3 is 2.76 bits per heavy atom. The van der Waals surface area contributed by atoms with E-state index in [0.29, 0.717) is 12.8 Å². The fourth-order valence-corrected chi connectivity index (χ4v) is 2.63. The number of aromatic nitrogens is 1. The number of hydrogen-bond acceptors (Lipinski definition) is 5. The van der Waals surface area contributed by atoms with Crippen molar-refractivity contribution in [3.05, 3.63) is 33.1 Å². The van der Waals surface area contributed by atoms with Crippen molar-refractivity contribution >= 4 is 23.2 Å². The van der Waals surface area contributed by atoms with Crippen LogP contribution in [-0.2, 0) is 0 Å². The van der Waals surface area contributed by atoms with Crippen LogP contribution in [0.4, 0.5) is 5.69 Å². The Hall–Kier alpha value is -1.73. The minimum Gasteiger partial charge on any atom is -0.388 e. The number of nitrogens with one attached hydrogen (secondary N) is 1. The van der Waals surface area contributed by atoms with Gasteiger partial charge in [-0.3, -0.25) is 14.9 Å². The Labute approximate surface area is 126 Å². The van der Waals surface area contributed by atoms with Gasteiger partial charge in [0, 0.05) is 6.54 Å². The van der Waals surface area contributed by atoms with Crippen molar-refractivity contribution in [3.63, 3.8) is 0 Å². The van der Waals surface area contributed by atoms with Crippen molar-refractivity contribution in [1.82, 2.24) is 10.3 Å². The number of hydrogen-bond donors (Lipinski definition) is 2. The van der Waals surface area contributed by atoms with Crippen LogP contribution in [0.25, 0.3) is 0 Å². The molecule has 0 saturated heterocycles. The number of amides is 1. The minimum absolute atomic E-state index is 0.00197. The summed E-state index contributed by atoms with van der Waals surface area (Å²) in [5, 5.41) is 23.8. The molecule has 0 spiro atoms. The lowest BCUT2D eigenvalue weighted by Crippen LogP contribution is -2.44. The number of aliphatic hydroxyl groups is 1. The summed E-state index contributed by atoms with van der Waals surface area (Å²) in [5.74, 6) is -0.634. The van der Waals surface area contributed by atoms with Gasteiger partial charge in [-0.2, -0.15) is 0 Å². The topological polar surface area (TPSA) is 105 Å². The first-order valence-corrected chi connectivity index (χ1v) is 7.10. The van der Waals surface area contributed by atoms with Crippen molar-refractivity contribution < 1.29 is 14.8 Å². The lowest BCUT2D eigenvalue weighted by Gasteiger charge is -2.32. The SMILES string of the molecule is O=C(NCC1(O)CCCCC1)c1cc(Cl)ncc1[N+](=O)[O-]. The fraction of sp³-hybridized carbons (Fsp3) is 0.538. The van der Waals surface area contributed by atoms with E-state index in [1.54, 1.807) is 0 Å². The van der Waals surface area contributed by atoms with Crippen LogP contribution in [0, 0.1) is 10.1 Å². The summed E-state index contributed by atoms with van der Waals surface area (Å²) in [6.07, 6.45) is 5.08. The standard InChI is InChI=1S/C13H16ClN3O4/c14-11-6-9(10(7-15-11)17(20)21)12(18)16-8-13(19)4-2-1-3-5-13/h6-7,19H,1-5,8H2,(H,16,18). The molecular weight excluding hydrogens is 298 g/mol. The zero-order valence-corrected chi connectivity index (χ0v) is 12.1. The lowest BCUT2D eigenvalue weighted by molar-refractivity contribution is -0.385. The van der Waals surface area contributed by atoms with Gasteiger partial charge in [0.1, 0.15) is 16.9 Å². The van der Waals surface area contributed by atoms with Crippen LogP contribution in [-0.4, -0.2) is 33.1 Å². The second-order valence-corrected chi connectivity index (χ2v) is 5.64. The van der Waals surface area contributed by atoms with Crippen LogP contribution in [0.3, 0.4) is 0 Å². The molecule has 1 amide bonds. The van der Waals surface area contributed by atoms with Crippen LogP contribution in [0.15, 0.2) is 12.3 Å². The molecule has 0 radical (unpaired) electrons. The lowest BCUT2D eigenvalue weighted by atomic mass is 9.85. The Balaban J connectivity index is 2.09. The van der Waals surface area contributed by atoms with E-state index in [4.69, 9.17) is 11.6 Å². The van der Waals surface area contributed by atoms with Gasteiger partial charge >= 0.3 is 0 Å². The van der Waals surface area contributed by atoms with E-state index < -0.39 is 22.1 Å². The van der Waals surface area contributed by atoms with Crippen molar-refractivity contribution in [2.45, 2.75) is 37.7 Å². The molecule has 2 rings (SSSR count). The summed E-state index contributed by atoms with van der Waals surface area (Å²) in [4.78, 5) is 25.9. The summed E-state index contributed by atoms with van der Waals surface area (Å²) in [7, 11) is 0. The van der Waals surface area contributed by atoms with Gasteiger partial charge < -0.3 is 10.4 Å². The van der Waals surface area contributed by atoms with E-state index in [1.165, 1.54) is 0 Å². The molecule has 7 nitrogen and oxygen atoms in total. The third-order valence-corrected chi connectivity index (χ3v) is 3.86. The first-order valence-electron chi connectivity index (χ1n) is 6.72. The molecule has 114 valence electrons. The molecule has 8 heteroatoms. The average Bonchev–Trinajstić information content (AvgIpc) is 2.45. The Kier molecular flexibility index (Phi) is 4.74. The number of carbonyl (C=O) groups excluding carboxylic acids is 1. The van der Waals surface area contributed by atoms with Crippen LogP contribution in [0.1, 0.15) is 42.5 Å². The largest absolute Gasteiger partial charge is 0.388 e. The molecule has 0 bridgehead atoms. The molecule has 0 aromatic carbocycles. The van der Waals surface area contributed by atoms with Crippen LogP contribution in [0.5, 0.6) is 0 Å². The Morgan fingerprint density at radius 2 is 2.14 bits per heavy atom. The van der Waals surface area contributed by atoms with Crippen LogP contribution < -0.4 is 5.32 Å². The van der Waals surface area contributed by atoms with E-state index in [0.717, 1.165) is 31.5 Å².